The van der Waals surface area contributed by atoms with E-state index in [1.165, 1.54) is 4.31 Å². The van der Waals surface area contributed by atoms with E-state index >= 15 is 0 Å². The standard InChI is InChI=1S/C15H19N3O2S/c1-2-18(12-14-7-3-4-9-17-14)21(19,20)15-8-5-6-13(10-15)11-16/h3-10H,2,11-12,16H2,1H3. The minimum atomic E-state index is -3.54. The van der Waals surface area contributed by atoms with Crippen molar-refractivity contribution >= 4 is 10.0 Å². The van der Waals surface area contributed by atoms with Crippen molar-refractivity contribution in [1.82, 2.24) is 9.29 Å². The molecule has 0 aliphatic heterocycles. The second-order valence-corrected chi connectivity index (χ2v) is 6.54. The average Bonchev–Trinajstić information content (AvgIpc) is 2.53. The molecule has 0 saturated heterocycles. The first-order chi connectivity index (χ1) is 10.1. The lowest BCUT2D eigenvalue weighted by Crippen LogP contribution is -2.30. The van der Waals surface area contributed by atoms with Gasteiger partial charge in [-0.05, 0) is 29.8 Å². The van der Waals surface area contributed by atoms with Gasteiger partial charge in [0.2, 0.25) is 10.0 Å². The third kappa shape index (κ3) is 3.66. The molecule has 0 radical (unpaired) electrons. The number of hydrogen-bond acceptors (Lipinski definition) is 4. The van der Waals surface area contributed by atoms with Gasteiger partial charge in [-0.15, -0.1) is 0 Å². The third-order valence-corrected chi connectivity index (χ3v) is 5.11. The van der Waals surface area contributed by atoms with Crippen LogP contribution >= 0.6 is 0 Å². The van der Waals surface area contributed by atoms with Crippen molar-refractivity contribution in [3.63, 3.8) is 0 Å². The number of hydrogen-bond donors (Lipinski definition) is 1. The smallest absolute Gasteiger partial charge is 0.243 e. The molecule has 1 aromatic carbocycles. The zero-order chi connectivity index (χ0) is 15.3. The van der Waals surface area contributed by atoms with E-state index in [9.17, 15) is 8.42 Å². The normalized spacial score (nSPS) is 11.8. The highest BCUT2D eigenvalue weighted by atomic mass is 32.2. The zero-order valence-electron chi connectivity index (χ0n) is 11.9. The maximum atomic E-state index is 12.7. The van der Waals surface area contributed by atoms with Crippen molar-refractivity contribution in [2.45, 2.75) is 24.9 Å². The van der Waals surface area contributed by atoms with Crippen molar-refractivity contribution in [2.24, 2.45) is 5.73 Å². The van der Waals surface area contributed by atoms with Crippen LogP contribution in [0.2, 0.25) is 0 Å². The van der Waals surface area contributed by atoms with Gasteiger partial charge < -0.3 is 5.73 Å². The van der Waals surface area contributed by atoms with Crippen LogP contribution < -0.4 is 5.73 Å². The quantitative estimate of drug-likeness (QED) is 0.882. The van der Waals surface area contributed by atoms with E-state index in [1.807, 2.05) is 25.1 Å². The summed E-state index contributed by atoms with van der Waals surface area (Å²) in [5.74, 6) is 0. The molecule has 1 aromatic heterocycles. The first-order valence-corrected chi connectivity index (χ1v) is 8.21. The molecule has 0 spiro atoms. The minimum absolute atomic E-state index is 0.256. The van der Waals surface area contributed by atoms with Crippen LogP contribution in [0, 0.1) is 0 Å². The summed E-state index contributed by atoms with van der Waals surface area (Å²) in [6.45, 7) is 2.77. The molecule has 0 unspecified atom stereocenters. The van der Waals surface area contributed by atoms with Gasteiger partial charge in [-0.3, -0.25) is 4.98 Å². The predicted octanol–water partition coefficient (Wildman–Crippen LogP) is 1.75. The van der Waals surface area contributed by atoms with Crippen LogP contribution in [0.3, 0.4) is 0 Å². The Morgan fingerprint density at radius 3 is 2.62 bits per heavy atom. The van der Waals surface area contributed by atoms with Crippen molar-refractivity contribution in [1.29, 1.82) is 0 Å². The van der Waals surface area contributed by atoms with Crippen molar-refractivity contribution < 1.29 is 8.42 Å². The number of rotatable bonds is 6. The van der Waals surface area contributed by atoms with Crippen molar-refractivity contribution in [3.8, 4) is 0 Å². The van der Waals surface area contributed by atoms with Gasteiger partial charge in [-0.2, -0.15) is 4.31 Å². The second kappa shape index (κ2) is 6.80. The van der Waals surface area contributed by atoms with Crippen LogP contribution in [0.15, 0.2) is 53.6 Å². The van der Waals surface area contributed by atoms with Crippen LogP contribution in [0.1, 0.15) is 18.2 Å². The largest absolute Gasteiger partial charge is 0.326 e. The molecule has 0 fully saturated rings. The van der Waals surface area contributed by atoms with Gasteiger partial charge in [0.25, 0.3) is 0 Å². The molecular formula is C15H19N3O2S. The highest BCUT2D eigenvalue weighted by Crippen LogP contribution is 2.18. The maximum absolute atomic E-state index is 12.7. The molecule has 0 bridgehead atoms. The SMILES string of the molecule is CCN(Cc1ccccn1)S(=O)(=O)c1cccc(CN)c1. The predicted molar refractivity (Wildman–Crippen MR) is 81.8 cm³/mol. The van der Waals surface area contributed by atoms with E-state index in [-0.39, 0.29) is 11.4 Å². The minimum Gasteiger partial charge on any atom is -0.326 e. The van der Waals surface area contributed by atoms with E-state index in [4.69, 9.17) is 5.73 Å². The number of aromatic nitrogens is 1. The van der Waals surface area contributed by atoms with Crippen LogP contribution in [0.5, 0.6) is 0 Å². The molecule has 0 atom stereocenters. The fraction of sp³-hybridized carbons (Fsp3) is 0.267. The molecular weight excluding hydrogens is 286 g/mol. The summed E-state index contributed by atoms with van der Waals surface area (Å²) < 4.78 is 26.8. The monoisotopic (exact) mass is 305 g/mol. The van der Waals surface area contributed by atoms with Crippen LogP contribution in [-0.4, -0.2) is 24.3 Å². The van der Waals surface area contributed by atoms with Gasteiger partial charge in [0.1, 0.15) is 0 Å². The van der Waals surface area contributed by atoms with Crippen LogP contribution in [0.4, 0.5) is 0 Å². The fourth-order valence-corrected chi connectivity index (χ4v) is 3.51. The number of nitrogens with two attached hydrogens (primary N) is 1. The Labute approximate surface area is 125 Å². The first kappa shape index (κ1) is 15.6. The van der Waals surface area contributed by atoms with Gasteiger partial charge in [-0.25, -0.2) is 8.42 Å². The van der Waals surface area contributed by atoms with Gasteiger partial charge >= 0.3 is 0 Å². The van der Waals surface area contributed by atoms with E-state index in [2.05, 4.69) is 4.98 Å². The number of nitrogens with zero attached hydrogens (tertiary/aromatic N) is 2. The fourth-order valence-electron chi connectivity index (χ4n) is 2.02. The molecule has 5 nitrogen and oxygen atoms in total. The molecule has 21 heavy (non-hydrogen) atoms. The Balaban J connectivity index is 2.31. The Bertz CT molecular complexity index is 687. The average molecular weight is 305 g/mol. The summed E-state index contributed by atoms with van der Waals surface area (Å²) in [5.41, 5.74) is 7.09. The number of benzene rings is 1. The Morgan fingerprint density at radius 1 is 1.19 bits per heavy atom. The van der Waals surface area contributed by atoms with E-state index in [1.54, 1.807) is 30.5 Å². The molecule has 2 N–H and O–H groups in total. The lowest BCUT2D eigenvalue weighted by Gasteiger charge is -2.20. The van der Waals surface area contributed by atoms with E-state index < -0.39 is 10.0 Å². The summed E-state index contributed by atoms with van der Waals surface area (Å²) in [7, 11) is -3.54. The zero-order valence-corrected chi connectivity index (χ0v) is 12.8. The molecule has 0 amide bonds. The third-order valence-electron chi connectivity index (χ3n) is 3.19. The molecule has 2 aromatic rings. The van der Waals surface area contributed by atoms with Gasteiger partial charge in [0.05, 0.1) is 17.1 Å². The first-order valence-electron chi connectivity index (χ1n) is 6.77. The molecule has 0 saturated carbocycles. The van der Waals surface area contributed by atoms with Crippen LogP contribution in [0.25, 0.3) is 0 Å². The van der Waals surface area contributed by atoms with Gasteiger partial charge in [0.15, 0.2) is 0 Å². The molecule has 1 heterocycles. The Kier molecular flexibility index (Phi) is 5.06. The topological polar surface area (TPSA) is 76.3 Å². The molecule has 2 rings (SSSR count). The number of pyridine rings is 1. The Morgan fingerprint density at radius 2 is 2.00 bits per heavy atom. The molecule has 0 aliphatic carbocycles. The Hall–Kier alpha value is -1.76. The second-order valence-electron chi connectivity index (χ2n) is 4.60. The van der Waals surface area contributed by atoms with E-state index in [0.29, 0.717) is 13.1 Å². The lowest BCUT2D eigenvalue weighted by molar-refractivity contribution is 0.419. The highest BCUT2D eigenvalue weighted by Gasteiger charge is 2.23. The maximum Gasteiger partial charge on any atom is 0.243 e. The summed E-state index contributed by atoms with van der Waals surface area (Å²) in [4.78, 5) is 4.45. The van der Waals surface area contributed by atoms with E-state index in [0.717, 1.165) is 11.3 Å². The molecule has 6 heteroatoms. The van der Waals surface area contributed by atoms with Crippen molar-refractivity contribution in [2.75, 3.05) is 6.54 Å². The summed E-state index contributed by atoms with van der Waals surface area (Å²) in [6.07, 6.45) is 1.66. The number of sulfonamides is 1. The van der Waals surface area contributed by atoms with Crippen LogP contribution in [-0.2, 0) is 23.1 Å². The summed E-state index contributed by atoms with van der Waals surface area (Å²) in [6, 6.07) is 12.2. The molecule has 0 aliphatic rings. The summed E-state index contributed by atoms with van der Waals surface area (Å²) >= 11 is 0. The molecule has 112 valence electrons. The van der Waals surface area contributed by atoms with Gasteiger partial charge in [0, 0.05) is 19.3 Å². The van der Waals surface area contributed by atoms with Gasteiger partial charge in [-0.1, -0.05) is 25.1 Å². The summed E-state index contributed by atoms with van der Waals surface area (Å²) in [5, 5.41) is 0. The lowest BCUT2D eigenvalue weighted by atomic mass is 10.2. The van der Waals surface area contributed by atoms with Crippen molar-refractivity contribution in [3.05, 3.63) is 59.9 Å². The highest BCUT2D eigenvalue weighted by molar-refractivity contribution is 7.89.